The zero-order valence-electron chi connectivity index (χ0n) is 9.36. The van der Waals surface area contributed by atoms with Gasteiger partial charge in [-0.15, -0.1) is 0 Å². The highest BCUT2D eigenvalue weighted by Crippen LogP contribution is 2.31. The maximum absolute atomic E-state index is 5.71. The minimum absolute atomic E-state index is 0.0285. The first kappa shape index (κ1) is 11.3. The molecule has 0 N–H and O–H groups in total. The molecular weight excluding hydrogens is 172 g/mol. The second kappa shape index (κ2) is 5.16. The minimum Gasteiger partial charge on any atom is -0.373 e. The highest BCUT2D eigenvalue weighted by Gasteiger charge is 2.28. The van der Waals surface area contributed by atoms with E-state index in [1.54, 1.807) is 0 Å². The average molecular weight is 192 g/mol. The van der Waals surface area contributed by atoms with Crippen LogP contribution >= 0.6 is 0 Å². The second-order valence-corrected chi connectivity index (χ2v) is 3.80. The first-order valence-corrected chi connectivity index (χ1v) is 5.38. The Kier molecular flexibility index (Phi) is 4.15. The smallest absolute Gasteiger partial charge is 0.0881 e. The Morgan fingerprint density at radius 2 is 2.14 bits per heavy atom. The van der Waals surface area contributed by atoms with E-state index in [9.17, 15) is 0 Å². The molecule has 0 radical (unpaired) electrons. The second-order valence-electron chi connectivity index (χ2n) is 3.80. The Morgan fingerprint density at radius 1 is 1.36 bits per heavy atom. The zero-order chi connectivity index (χ0) is 10.4. The molecule has 0 heterocycles. The van der Waals surface area contributed by atoms with E-state index in [1.807, 2.05) is 6.92 Å². The van der Waals surface area contributed by atoms with E-state index < -0.39 is 0 Å². The van der Waals surface area contributed by atoms with Crippen LogP contribution in [0.3, 0.4) is 0 Å². The lowest BCUT2D eigenvalue weighted by Gasteiger charge is -2.32. The van der Waals surface area contributed by atoms with Gasteiger partial charge in [0.1, 0.15) is 0 Å². The summed E-state index contributed by atoms with van der Waals surface area (Å²) in [5.74, 6) is 0. The number of allylic oxidation sites excluding steroid dienone is 3. The van der Waals surface area contributed by atoms with Crippen LogP contribution in [0.2, 0.25) is 0 Å². The molecule has 1 aliphatic carbocycles. The zero-order valence-corrected chi connectivity index (χ0v) is 9.36. The third kappa shape index (κ3) is 2.58. The summed E-state index contributed by atoms with van der Waals surface area (Å²) in [6, 6.07) is 0. The Bertz CT molecular complexity index is 250. The molecule has 0 amide bonds. The summed E-state index contributed by atoms with van der Waals surface area (Å²) in [5.41, 5.74) is 0.0285. The molecule has 0 aromatic heterocycles. The highest BCUT2D eigenvalue weighted by molar-refractivity contribution is 5.25. The molecule has 0 saturated heterocycles. The highest BCUT2D eigenvalue weighted by atomic mass is 16.5. The summed E-state index contributed by atoms with van der Waals surface area (Å²) in [5, 5.41) is 0. The summed E-state index contributed by atoms with van der Waals surface area (Å²) in [4.78, 5) is 0. The van der Waals surface area contributed by atoms with Gasteiger partial charge in [-0.05, 0) is 20.3 Å². The first-order chi connectivity index (χ1) is 6.73. The van der Waals surface area contributed by atoms with Gasteiger partial charge in [0.05, 0.1) is 6.10 Å². The van der Waals surface area contributed by atoms with Crippen molar-refractivity contribution in [2.45, 2.75) is 33.3 Å². The van der Waals surface area contributed by atoms with Crippen molar-refractivity contribution in [3.05, 3.63) is 36.5 Å². The molecule has 2 atom stereocenters. The maximum Gasteiger partial charge on any atom is 0.0881 e. The van der Waals surface area contributed by atoms with Gasteiger partial charge in [-0.3, -0.25) is 0 Å². The summed E-state index contributed by atoms with van der Waals surface area (Å²) >= 11 is 0. The molecule has 1 rings (SSSR count). The lowest BCUT2D eigenvalue weighted by atomic mass is 9.80. The Balaban J connectivity index is 2.76. The molecule has 1 nitrogen and oxygen atoms in total. The van der Waals surface area contributed by atoms with Gasteiger partial charge in [0, 0.05) is 12.0 Å². The van der Waals surface area contributed by atoms with E-state index in [1.165, 1.54) is 0 Å². The third-order valence-electron chi connectivity index (χ3n) is 2.52. The number of hydrogen-bond acceptors (Lipinski definition) is 1. The predicted molar refractivity (Wildman–Crippen MR) is 61.2 cm³/mol. The fourth-order valence-electron chi connectivity index (χ4n) is 1.67. The van der Waals surface area contributed by atoms with Crippen LogP contribution in [-0.4, -0.2) is 12.7 Å². The van der Waals surface area contributed by atoms with Crippen molar-refractivity contribution in [2.75, 3.05) is 6.61 Å². The van der Waals surface area contributed by atoms with Gasteiger partial charge in [0.15, 0.2) is 0 Å². The molecule has 0 spiro atoms. The quantitative estimate of drug-likeness (QED) is 0.619. The van der Waals surface area contributed by atoms with Crippen LogP contribution in [0.1, 0.15) is 27.2 Å². The Morgan fingerprint density at radius 3 is 2.79 bits per heavy atom. The van der Waals surface area contributed by atoms with Crippen molar-refractivity contribution in [1.82, 2.24) is 0 Å². The molecule has 0 bridgehead atoms. The summed E-state index contributed by atoms with van der Waals surface area (Å²) < 4.78 is 5.71. The molecule has 78 valence electrons. The van der Waals surface area contributed by atoms with Gasteiger partial charge in [-0.25, -0.2) is 0 Å². The number of rotatable bonds is 4. The standard InChI is InChI=1S/C13H20O/c1-4-6-10-13(3)11-8-7-9-12(13)14-5-2/h6-12H,4-5H2,1-3H3. The normalized spacial score (nSPS) is 31.5. The van der Waals surface area contributed by atoms with Crippen molar-refractivity contribution < 1.29 is 4.74 Å². The average Bonchev–Trinajstić information content (AvgIpc) is 2.19. The first-order valence-electron chi connectivity index (χ1n) is 5.38. The van der Waals surface area contributed by atoms with Crippen LogP contribution in [0.25, 0.3) is 0 Å². The number of hydrogen-bond donors (Lipinski definition) is 0. The molecule has 0 aliphatic heterocycles. The van der Waals surface area contributed by atoms with Crippen LogP contribution < -0.4 is 0 Å². The van der Waals surface area contributed by atoms with Crippen LogP contribution in [-0.2, 0) is 4.74 Å². The van der Waals surface area contributed by atoms with Crippen molar-refractivity contribution in [1.29, 1.82) is 0 Å². The van der Waals surface area contributed by atoms with Crippen molar-refractivity contribution in [2.24, 2.45) is 5.41 Å². The van der Waals surface area contributed by atoms with Crippen molar-refractivity contribution in [3.63, 3.8) is 0 Å². The molecule has 0 saturated carbocycles. The van der Waals surface area contributed by atoms with E-state index in [0.717, 1.165) is 13.0 Å². The Labute approximate surface area is 87.2 Å². The topological polar surface area (TPSA) is 9.23 Å². The molecule has 0 aromatic rings. The van der Waals surface area contributed by atoms with E-state index in [4.69, 9.17) is 4.74 Å². The van der Waals surface area contributed by atoms with Crippen LogP contribution in [0.5, 0.6) is 0 Å². The molecule has 1 heteroatoms. The molecule has 14 heavy (non-hydrogen) atoms. The van der Waals surface area contributed by atoms with E-state index in [2.05, 4.69) is 50.3 Å². The van der Waals surface area contributed by atoms with Crippen LogP contribution in [0.4, 0.5) is 0 Å². The molecule has 1 aliphatic rings. The van der Waals surface area contributed by atoms with Crippen LogP contribution in [0.15, 0.2) is 36.5 Å². The van der Waals surface area contributed by atoms with Gasteiger partial charge >= 0.3 is 0 Å². The van der Waals surface area contributed by atoms with E-state index >= 15 is 0 Å². The van der Waals surface area contributed by atoms with Gasteiger partial charge in [-0.2, -0.15) is 0 Å². The van der Waals surface area contributed by atoms with Crippen molar-refractivity contribution in [3.8, 4) is 0 Å². The van der Waals surface area contributed by atoms with Gasteiger partial charge in [0.2, 0.25) is 0 Å². The van der Waals surface area contributed by atoms with E-state index in [-0.39, 0.29) is 11.5 Å². The lowest BCUT2D eigenvalue weighted by Crippen LogP contribution is -2.31. The minimum atomic E-state index is 0.0285. The maximum atomic E-state index is 5.71. The fraction of sp³-hybridized carbons (Fsp3) is 0.538. The van der Waals surface area contributed by atoms with Crippen molar-refractivity contribution >= 4 is 0 Å². The summed E-state index contributed by atoms with van der Waals surface area (Å²) in [6.07, 6.45) is 14.2. The summed E-state index contributed by atoms with van der Waals surface area (Å²) in [6.45, 7) is 7.16. The SMILES string of the molecule is CCC=CC1(C)C=CC=CC1OCC. The van der Waals surface area contributed by atoms with E-state index in [0.29, 0.717) is 0 Å². The predicted octanol–water partition coefficient (Wildman–Crippen LogP) is 3.49. The number of ether oxygens (including phenoxy) is 1. The Hall–Kier alpha value is -0.820. The fourth-order valence-corrected chi connectivity index (χ4v) is 1.67. The van der Waals surface area contributed by atoms with Gasteiger partial charge in [0.25, 0.3) is 0 Å². The molecule has 0 fully saturated rings. The third-order valence-corrected chi connectivity index (χ3v) is 2.52. The van der Waals surface area contributed by atoms with Crippen LogP contribution in [0, 0.1) is 5.41 Å². The molecular formula is C13H20O. The lowest BCUT2D eigenvalue weighted by molar-refractivity contribution is 0.0458. The van der Waals surface area contributed by atoms with Gasteiger partial charge < -0.3 is 4.74 Å². The van der Waals surface area contributed by atoms with Gasteiger partial charge in [-0.1, -0.05) is 43.4 Å². The largest absolute Gasteiger partial charge is 0.373 e. The molecule has 0 aromatic carbocycles. The monoisotopic (exact) mass is 192 g/mol. The molecule has 2 unspecified atom stereocenters. The summed E-state index contributed by atoms with van der Waals surface area (Å²) in [7, 11) is 0.